The van der Waals surface area contributed by atoms with E-state index >= 15 is 0 Å². The predicted octanol–water partition coefficient (Wildman–Crippen LogP) is 4.87. The van der Waals surface area contributed by atoms with Crippen LogP contribution in [0.15, 0.2) is 53.1 Å². The average molecular weight is 395 g/mol. The van der Waals surface area contributed by atoms with Gasteiger partial charge in [-0.15, -0.1) is 0 Å². The lowest BCUT2D eigenvalue weighted by Crippen LogP contribution is -2.36. The van der Waals surface area contributed by atoms with E-state index in [4.69, 9.17) is 4.52 Å². The minimum absolute atomic E-state index is 0.174. The summed E-state index contributed by atoms with van der Waals surface area (Å²) in [5.74, 6) is 1.31. The van der Waals surface area contributed by atoms with Crippen LogP contribution in [0.1, 0.15) is 61.7 Å². The molecule has 1 fully saturated rings. The van der Waals surface area contributed by atoms with Gasteiger partial charge in [-0.25, -0.2) is 4.39 Å². The van der Waals surface area contributed by atoms with E-state index in [1.54, 1.807) is 12.1 Å². The van der Waals surface area contributed by atoms with Crippen molar-refractivity contribution in [3.63, 3.8) is 0 Å². The van der Waals surface area contributed by atoms with Crippen LogP contribution in [0.4, 0.5) is 4.39 Å². The number of hydrogen-bond acceptors (Lipinski definition) is 5. The molecule has 0 saturated carbocycles. The van der Waals surface area contributed by atoms with Crippen molar-refractivity contribution in [2.75, 3.05) is 13.1 Å². The van der Waals surface area contributed by atoms with E-state index in [2.05, 4.69) is 41.0 Å². The van der Waals surface area contributed by atoms with Gasteiger partial charge in [0.2, 0.25) is 0 Å². The number of benzene rings is 2. The maximum Gasteiger partial charge on any atom is 0.258 e. The fraction of sp³-hybridized carbons (Fsp3) is 0.391. The molecule has 5 nitrogen and oxygen atoms in total. The van der Waals surface area contributed by atoms with Crippen LogP contribution >= 0.6 is 0 Å². The van der Waals surface area contributed by atoms with Crippen LogP contribution in [0.25, 0.3) is 11.5 Å². The van der Waals surface area contributed by atoms with Crippen LogP contribution in [0.5, 0.6) is 0 Å². The first-order valence-corrected chi connectivity index (χ1v) is 10.1. The van der Waals surface area contributed by atoms with Crippen LogP contribution in [-0.2, 0) is 0 Å². The summed E-state index contributed by atoms with van der Waals surface area (Å²) in [6, 6.07) is 14.4. The highest BCUT2D eigenvalue weighted by Crippen LogP contribution is 2.31. The molecule has 2 heterocycles. The Hall–Kier alpha value is -2.57. The van der Waals surface area contributed by atoms with Crippen LogP contribution < -0.4 is 0 Å². The van der Waals surface area contributed by atoms with E-state index < -0.39 is 6.23 Å². The first-order chi connectivity index (χ1) is 14.0. The molecule has 0 aliphatic carbocycles. The molecule has 152 valence electrons. The van der Waals surface area contributed by atoms with E-state index in [9.17, 15) is 9.50 Å². The van der Waals surface area contributed by atoms with Gasteiger partial charge in [0.15, 0.2) is 5.82 Å². The van der Waals surface area contributed by atoms with Gasteiger partial charge in [0.05, 0.1) is 0 Å². The number of piperidine rings is 1. The van der Waals surface area contributed by atoms with Gasteiger partial charge in [-0.05, 0) is 48.1 Å². The monoisotopic (exact) mass is 395 g/mol. The minimum Gasteiger partial charge on any atom is -0.374 e. The lowest BCUT2D eigenvalue weighted by molar-refractivity contribution is -0.0137. The van der Waals surface area contributed by atoms with Gasteiger partial charge >= 0.3 is 0 Å². The highest BCUT2D eigenvalue weighted by molar-refractivity contribution is 5.52. The van der Waals surface area contributed by atoms with Crippen molar-refractivity contribution in [2.24, 2.45) is 0 Å². The summed E-state index contributed by atoms with van der Waals surface area (Å²) in [7, 11) is 0. The predicted molar refractivity (Wildman–Crippen MR) is 109 cm³/mol. The smallest absolute Gasteiger partial charge is 0.258 e. The molecule has 6 heteroatoms. The fourth-order valence-electron chi connectivity index (χ4n) is 3.81. The van der Waals surface area contributed by atoms with E-state index in [1.807, 2.05) is 12.1 Å². The zero-order chi connectivity index (χ0) is 20.4. The van der Waals surface area contributed by atoms with Gasteiger partial charge in [-0.1, -0.05) is 49.3 Å². The maximum atomic E-state index is 13.4. The normalized spacial score (nSPS) is 17.0. The number of aromatic nitrogens is 2. The highest BCUT2D eigenvalue weighted by Gasteiger charge is 2.28. The molecule has 1 aliphatic heterocycles. The molecule has 1 aromatic heterocycles. The summed E-state index contributed by atoms with van der Waals surface area (Å²) >= 11 is 0. The largest absolute Gasteiger partial charge is 0.374 e. The van der Waals surface area contributed by atoms with Crippen molar-refractivity contribution < 1.29 is 14.0 Å². The third kappa shape index (κ3) is 4.38. The Labute approximate surface area is 170 Å². The molecule has 3 aromatic rings. The Morgan fingerprint density at radius 1 is 1.07 bits per heavy atom. The van der Waals surface area contributed by atoms with Crippen molar-refractivity contribution in [3.8, 4) is 11.5 Å². The first-order valence-electron chi connectivity index (χ1n) is 10.1. The van der Waals surface area contributed by atoms with Crippen LogP contribution in [-0.4, -0.2) is 33.2 Å². The van der Waals surface area contributed by atoms with Crippen molar-refractivity contribution in [1.29, 1.82) is 0 Å². The number of aliphatic hydroxyl groups excluding tert-OH is 1. The van der Waals surface area contributed by atoms with Gasteiger partial charge in [-0.3, -0.25) is 4.90 Å². The zero-order valence-corrected chi connectivity index (χ0v) is 16.8. The van der Waals surface area contributed by atoms with Gasteiger partial charge in [0.1, 0.15) is 12.0 Å². The molecule has 1 aliphatic rings. The highest BCUT2D eigenvalue weighted by atomic mass is 19.1. The Kier molecular flexibility index (Phi) is 5.74. The summed E-state index contributed by atoms with van der Waals surface area (Å²) in [5, 5.41) is 14.9. The topological polar surface area (TPSA) is 62.4 Å². The van der Waals surface area contributed by atoms with Gasteiger partial charge in [0.25, 0.3) is 5.89 Å². The van der Waals surface area contributed by atoms with Gasteiger partial charge < -0.3 is 9.63 Å². The molecule has 1 saturated heterocycles. The number of aliphatic hydroxyl groups is 1. The van der Waals surface area contributed by atoms with Crippen molar-refractivity contribution >= 4 is 0 Å². The lowest BCUT2D eigenvalue weighted by atomic mass is 9.95. The summed E-state index contributed by atoms with van der Waals surface area (Å²) in [4.78, 5) is 6.55. The van der Waals surface area contributed by atoms with E-state index in [0.29, 0.717) is 23.2 Å². The fourth-order valence-corrected chi connectivity index (χ4v) is 3.81. The lowest BCUT2D eigenvalue weighted by Gasteiger charge is -2.34. The Balaban J connectivity index is 1.38. The van der Waals surface area contributed by atoms with Gasteiger partial charge in [0, 0.05) is 24.6 Å². The average Bonchev–Trinajstić information content (AvgIpc) is 3.24. The van der Waals surface area contributed by atoms with Crippen LogP contribution in [0, 0.1) is 5.82 Å². The van der Waals surface area contributed by atoms with E-state index in [1.165, 1.54) is 17.7 Å². The number of hydrogen-bond donors (Lipinski definition) is 1. The zero-order valence-electron chi connectivity index (χ0n) is 16.8. The minimum atomic E-state index is -0.606. The molecule has 0 radical (unpaired) electrons. The molecular formula is C23H26FN3O2. The molecule has 1 N–H and O–H groups in total. The second kappa shape index (κ2) is 8.43. The first kappa shape index (κ1) is 19.7. The van der Waals surface area contributed by atoms with Crippen LogP contribution in [0.2, 0.25) is 0 Å². The van der Waals surface area contributed by atoms with Crippen molar-refractivity contribution in [2.45, 2.75) is 44.8 Å². The molecule has 4 rings (SSSR count). The summed E-state index contributed by atoms with van der Waals surface area (Å²) in [5.41, 5.74) is 2.77. The second-order valence-corrected chi connectivity index (χ2v) is 7.97. The molecule has 2 aromatic carbocycles. The van der Waals surface area contributed by atoms with Crippen molar-refractivity contribution in [3.05, 3.63) is 71.3 Å². The molecule has 1 atom stereocenters. The third-order valence-corrected chi connectivity index (χ3v) is 5.66. The number of nitrogens with zero attached hydrogens (tertiary/aromatic N) is 3. The number of likely N-dealkylation sites (tertiary alicyclic amines) is 1. The van der Waals surface area contributed by atoms with Gasteiger partial charge in [-0.2, -0.15) is 4.98 Å². The Bertz CT molecular complexity index is 947. The third-order valence-electron chi connectivity index (χ3n) is 5.66. The molecular weight excluding hydrogens is 369 g/mol. The standard InChI is InChI=1S/C23H26FN3O2/c1-15(2)16-6-8-18(9-7-16)23(28)27-12-10-17(11-13-27)21-25-22(29-26-21)19-4-3-5-20(24)14-19/h3-9,14-15,17,23,28H,10-13H2,1-2H3. The molecule has 29 heavy (non-hydrogen) atoms. The quantitative estimate of drug-likeness (QED) is 0.668. The number of rotatable bonds is 5. The Morgan fingerprint density at radius 2 is 1.76 bits per heavy atom. The van der Waals surface area contributed by atoms with E-state index in [-0.39, 0.29) is 11.7 Å². The van der Waals surface area contributed by atoms with Crippen LogP contribution in [0.3, 0.4) is 0 Å². The van der Waals surface area contributed by atoms with E-state index in [0.717, 1.165) is 31.5 Å². The molecule has 1 unspecified atom stereocenters. The second-order valence-electron chi connectivity index (χ2n) is 7.97. The summed E-state index contributed by atoms with van der Waals surface area (Å²) < 4.78 is 18.8. The van der Waals surface area contributed by atoms with Crippen molar-refractivity contribution in [1.82, 2.24) is 15.0 Å². The SMILES string of the molecule is CC(C)c1ccc(C(O)N2CCC(c3noc(-c4cccc(F)c4)n3)CC2)cc1. The molecule has 0 spiro atoms. The molecule has 0 bridgehead atoms. The Morgan fingerprint density at radius 3 is 2.41 bits per heavy atom. The summed E-state index contributed by atoms with van der Waals surface area (Å²) in [6.45, 7) is 5.82. The number of halogens is 1. The maximum absolute atomic E-state index is 13.4. The molecule has 0 amide bonds. The summed E-state index contributed by atoms with van der Waals surface area (Å²) in [6.07, 6.45) is 1.07.